The van der Waals surface area contributed by atoms with Crippen LogP contribution in [0, 0.1) is 0 Å². The van der Waals surface area contributed by atoms with Crippen LogP contribution in [0.2, 0.25) is 0 Å². The summed E-state index contributed by atoms with van der Waals surface area (Å²) in [5, 5.41) is 3.02. The first-order valence-corrected chi connectivity index (χ1v) is 9.44. The quantitative estimate of drug-likeness (QED) is 0.830. The van der Waals surface area contributed by atoms with Crippen molar-refractivity contribution in [2.45, 2.75) is 32.7 Å². The van der Waals surface area contributed by atoms with Crippen molar-refractivity contribution in [2.24, 2.45) is 0 Å². The second-order valence-corrected chi connectivity index (χ2v) is 6.80. The van der Waals surface area contributed by atoms with Crippen LogP contribution < -0.4 is 19.7 Å². The fraction of sp³-hybridized carbons (Fsp3) is 0.364. The van der Waals surface area contributed by atoms with Crippen LogP contribution in [0.15, 0.2) is 36.4 Å². The highest BCUT2D eigenvalue weighted by Gasteiger charge is 2.25. The lowest BCUT2D eigenvalue weighted by molar-refractivity contribution is -0.118. The number of methoxy groups -OCH3 is 2. The highest BCUT2D eigenvalue weighted by molar-refractivity contribution is 5.98. The van der Waals surface area contributed by atoms with Gasteiger partial charge < -0.3 is 19.7 Å². The van der Waals surface area contributed by atoms with E-state index >= 15 is 0 Å². The van der Waals surface area contributed by atoms with Gasteiger partial charge in [-0.1, -0.05) is 6.92 Å². The van der Waals surface area contributed by atoms with Crippen LogP contribution in [0.4, 0.5) is 5.69 Å². The van der Waals surface area contributed by atoms with Gasteiger partial charge in [-0.15, -0.1) is 0 Å². The molecule has 0 radical (unpaired) electrons. The monoisotopic (exact) mass is 382 g/mol. The van der Waals surface area contributed by atoms with Crippen LogP contribution in [-0.4, -0.2) is 32.6 Å². The number of hydrogen-bond donors (Lipinski definition) is 1. The summed E-state index contributed by atoms with van der Waals surface area (Å²) in [4.78, 5) is 26.6. The molecular formula is C22H26N2O4. The van der Waals surface area contributed by atoms with Crippen molar-refractivity contribution >= 4 is 17.5 Å². The number of carbonyl (C=O) groups is 2. The molecule has 0 saturated heterocycles. The standard InChI is InChI=1S/C22H26N2O4/c1-5-21(25)24-11-10-15-12-16(6-9-19(15)24)22(26)23-14(2)18-8-7-17(27-3)13-20(18)28-4/h6-9,12-14H,5,10-11H2,1-4H3,(H,23,26). The van der Waals surface area contributed by atoms with Crippen LogP contribution in [0.25, 0.3) is 0 Å². The van der Waals surface area contributed by atoms with Gasteiger partial charge in [-0.25, -0.2) is 0 Å². The van der Waals surface area contributed by atoms with Crippen molar-refractivity contribution in [3.63, 3.8) is 0 Å². The number of amides is 2. The molecule has 2 aromatic rings. The Morgan fingerprint density at radius 3 is 2.61 bits per heavy atom. The Kier molecular flexibility index (Phi) is 5.87. The lowest BCUT2D eigenvalue weighted by Crippen LogP contribution is -2.28. The van der Waals surface area contributed by atoms with E-state index in [1.807, 2.05) is 38.1 Å². The van der Waals surface area contributed by atoms with Gasteiger partial charge in [-0.2, -0.15) is 0 Å². The van der Waals surface area contributed by atoms with E-state index in [2.05, 4.69) is 5.32 Å². The van der Waals surface area contributed by atoms with Crippen molar-refractivity contribution in [3.05, 3.63) is 53.1 Å². The molecule has 1 aliphatic heterocycles. The SMILES string of the molecule is CCC(=O)N1CCc2cc(C(=O)NC(C)c3ccc(OC)cc3OC)ccc21. The van der Waals surface area contributed by atoms with Gasteiger partial charge in [0.05, 0.1) is 20.3 Å². The van der Waals surface area contributed by atoms with Gasteiger partial charge >= 0.3 is 0 Å². The molecule has 1 N–H and O–H groups in total. The van der Waals surface area contributed by atoms with E-state index in [1.165, 1.54) is 0 Å². The minimum atomic E-state index is -0.236. The first-order valence-electron chi connectivity index (χ1n) is 9.44. The molecule has 6 nitrogen and oxygen atoms in total. The first-order chi connectivity index (χ1) is 13.5. The van der Waals surface area contributed by atoms with Gasteiger partial charge in [0.1, 0.15) is 11.5 Å². The number of fused-ring (bicyclic) bond motifs is 1. The molecule has 6 heteroatoms. The average Bonchev–Trinajstić information content (AvgIpc) is 3.15. The molecule has 28 heavy (non-hydrogen) atoms. The van der Waals surface area contributed by atoms with E-state index in [0.717, 1.165) is 23.2 Å². The lowest BCUT2D eigenvalue weighted by Gasteiger charge is -2.19. The fourth-order valence-electron chi connectivity index (χ4n) is 3.53. The molecule has 1 atom stereocenters. The Labute approximate surface area is 165 Å². The highest BCUT2D eigenvalue weighted by atomic mass is 16.5. The molecule has 2 aromatic carbocycles. The van der Waals surface area contributed by atoms with E-state index in [1.54, 1.807) is 31.3 Å². The third kappa shape index (κ3) is 3.81. The number of carbonyl (C=O) groups excluding carboxylic acids is 2. The summed E-state index contributed by atoms with van der Waals surface area (Å²) in [6, 6.07) is 10.8. The maximum absolute atomic E-state index is 12.8. The van der Waals surface area contributed by atoms with Crippen molar-refractivity contribution in [1.29, 1.82) is 0 Å². The number of rotatable bonds is 6. The van der Waals surface area contributed by atoms with Gasteiger partial charge in [0.15, 0.2) is 0 Å². The minimum absolute atomic E-state index is 0.108. The molecular weight excluding hydrogens is 356 g/mol. The van der Waals surface area contributed by atoms with E-state index < -0.39 is 0 Å². The average molecular weight is 382 g/mol. The molecule has 0 bridgehead atoms. The Hall–Kier alpha value is -3.02. The van der Waals surface area contributed by atoms with Gasteiger partial charge in [0, 0.05) is 35.8 Å². The second kappa shape index (κ2) is 8.33. The van der Waals surface area contributed by atoms with Gasteiger partial charge in [0.2, 0.25) is 5.91 Å². The highest BCUT2D eigenvalue weighted by Crippen LogP contribution is 2.31. The predicted octanol–water partition coefficient (Wildman–Crippen LogP) is 3.49. The van der Waals surface area contributed by atoms with Crippen molar-refractivity contribution in [2.75, 3.05) is 25.7 Å². The third-order valence-corrected chi connectivity index (χ3v) is 5.10. The van der Waals surface area contributed by atoms with Crippen molar-refractivity contribution in [1.82, 2.24) is 5.32 Å². The largest absolute Gasteiger partial charge is 0.497 e. The molecule has 1 heterocycles. The zero-order chi connectivity index (χ0) is 20.3. The van der Waals surface area contributed by atoms with Crippen LogP contribution in [0.5, 0.6) is 11.5 Å². The second-order valence-electron chi connectivity index (χ2n) is 6.80. The summed E-state index contributed by atoms with van der Waals surface area (Å²) in [6.45, 7) is 4.45. The molecule has 0 aliphatic carbocycles. The zero-order valence-electron chi connectivity index (χ0n) is 16.7. The van der Waals surface area contributed by atoms with Gasteiger partial charge in [0.25, 0.3) is 5.91 Å². The first kappa shape index (κ1) is 19.7. The number of anilines is 1. The lowest BCUT2D eigenvalue weighted by atomic mass is 10.0. The number of hydrogen-bond acceptors (Lipinski definition) is 4. The zero-order valence-corrected chi connectivity index (χ0v) is 16.7. The smallest absolute Gasteiger partial charge is 0.251 e. The summed E-state index contributed by atoms with van der Waals surface area (Å²) in [5.74, 6) is 1.31. The number of nitrogens with zero attached hydrogens (tertiary/aromatic N) is 1. The van der Waals surface area contributed by atoms with Crippen LogP contribution in [-0.2, 0) is 11.2 Å². The van der Waals surface area contributed by atoms with Crippen molar-refractivity contribution in [3.8, 4) is 11.5 Å². The molecule has 1 aliphatic rings. The maximum Gasteiger partial charge on any atom is 0.251 e. The Balaban J connectivity index is 1.76. The van der Waals surface area contributed by atoms with Gasteiger partial charge in [-0.3, -0.25) is 9.59 Å². The fourth-order valence-corrected chi connectivity index (χ4v) is 3.53. The molecule has 2 amide bonds. The van der Waals surface area contributed by atoms with Crippen molar-refractivity contribution < 1.29 is 19.1 Å². The van der Waals surface area contributed by atoms with E-state index in [9.17, 15) is 9.59 Å². The molecule has 1 unspecified atom stereocenters. The number of nitrogens with one attached hydrogen (secondary N) is 1. The van der Waals surface area contributed by atoms with E-state index in [-0.39, 0.29) is 17.9 Å². The normalized spacial score (nSPS) is 13.6. The minimum Gasteiger partial charge on any atom is -0.497 e. The summed E-state index contributed by atoms with van der Waals surface area (Å²) >= 11 is 0. The molecule has 0 saturated carbocycles. The third-order valence-electron chi connectivity index (χ3n) is 5.10. The molecule has 0 fully saturated rings. The van der Waals surface area contributed by atoms with E-state index in [4.69, 9.17) is 9.47 Å². The maximum atomic E-state index is 12.8. The molecule has 0 spiro atoms. The molecule has 3 rings (SSSR count). The summed E-state index contributed by atoms with van der Waals surface area (Å²) < 4.78 is 10.7. The number of ether oxygens (including phenoxy) is 2. The number of benzene rings is 2. The summed E-state index contributed by atoms with van der Waals surface area (Å²) in [7, 11) is 3.19. The van der Waals surface area contributed by atoms with Crippen LogP contribution >= 0.6 is 0 Å². The Bertz CT molecular complexity index is 894. The van der Waals surface area contributed by atoms with Crippen LogP contribution in [0.1, 0.15) is 47.8 Å². The summed E-state index contributed by atoms with van der Waals surface area (Å²) in [5.41, 5.74) is 3.40. The van der Waals surface area contributed by atoms with E-state index in [0.29, 0.717) is 30.0 Å². The van der Waals surface area contributed by atoms with Crippen LogP contribution in [0.3, 0.4) is 0 Å². The molecule has 0 aromatic heterocycles. The topological polar surface area (TPSA) is 67.9 Å². The van der Waals surface area contributed by atoms with Gasteiger partial charge in [-0.05, 0) is 49.2 Å². The predicted molar refractivity (Wildman–Crippen MR) is 108 cm³/mol. The Morgan fingerprint density at radius 1 is 1.14 bits per heavy atom. The Morgan fingerprint density at radius 2 is 1.93 bits per heavy atom. The molecule has 148 valence electrons. The summed E-state index contributed by atoms with van der Waals surface area (Å²) in [6.07, 6.45) is 1.24.